The van der Waals surface area contributed by atoms with Crippen LogP contribution in [0.3, 0.4) is 0 Å². The number of hydrogen-bond acceptors (Lipinski definition) is 4. The number of aromatic nitrogens is 1. The SMILES string of the molecule is CC(=O)c1c[nH]c(C(=O)N2CCCN(S(=O)(=O)c3ccc(F)cc3)CC2)c1. The molecule has 9 heteroatoms. The first kappa shape index (κ1) is 19.2. The van der Waals surface area contributed by atoms with Gasteiger partial charge in [-0.25, -0.2) is 12.8 Å². The average Bonchev–Trinajstić information content (AvgIpc) is 2.99. The molecule has 0 unspecified atom stereocenters. The van der Waals surface area contributed by atoms with E-state index in [1.165, 1.54) is 35.6 Å². The maximum absolute atomic E-state index is 13.1. The number of carbonyl (C=O) groups is 2. The van der Waals surface area contributed by atoms with Gasteiger partial charge in [0, 0.05) is 37.9 Å². The average molecular weight is 393 g/mol. The smallest absolute Gasteiger partial charge is 0.270 e. The minimum Gasteiger partial charge on any atom is -0.356 e. The quantitative estimate of drug-likeness (QED) is 0.804. The Labute approximate surface area is 156 Å². The number of Topliss-reactive ketones (excluding diaryl/α,β-unsaturated/α-hetero) is 1. The Morgan fingerprint density at radius 3 is 2.41 bits per heavy atom. The molecule has 2 heterocycles. The molecule has 1 aliphatic heterocycles. The normalized spacial score (nSPS) is 16.1. The second-order valence-corrected chi connectivity index (χ2v) is 8.30. The van der Waals surface area contributed by atoms with Crippen LogP contribution in [0.25, 0.3) is 0 Å². The van der Waals surface area contributed by atoms with E-state index in [1.807, 2.05) is 0 Å². The molecule has 0 radical (unpaired) electrons. The summed E-state index contributed by atoms with van der Waals surface area (Å²) in [5.41, 5.74) is 0.726. The lowest BCUT2D eigenvalue weighted by Crippen LogP contribution is -2.37. The van der Waals surface area contributed by atoms with Crippen LogP contribution in [0.4, 0.5) is 4.39 Å². The largest absolute Gasteiger partial charge is 0.356 e. The van der Waals surface area contributed by atoms with Crippen LogP contribution >= 0.6 is 0 Å². The zero-order valence-corrected chi connectivity index (χ0v) is 15.6. The molecule has 144 valence electrons. The lowest BCUT2D eigenvalue weighted by atomic mass is 10.2. The van der Waals surface area contributed by atoms with E-state index in [1.54, 1.807) is 4.90 Å². The second-order valence-electron chi connectivity index (χ2n) is 6.36. The minimum atomic E-state index is -3.75. The monoisotopic (exact) mass is 393 g/mol. The van der Waals surface area contributed by atoms with Crippen LogP contribution in [0.15, 0.2) is 41.4 Å². The van der Waals surface area contributed by atoms with Crippen LogP contribution in [0.2, 0.25) is 0 Å². The van der Waals surface area contributed by atoms with Gasteiger partial charge in [0.25, 0.3) is 5.91 Å². The van der Waals surface area contributed by atoms with Crippen LogP contribution < -0.4 is 0 Å². The van der Waals surface area contributed by atoms with Crippen molar-refractivity contribution in [2.75, 3.05) is 26.2 Å². The van der Waals surface area contributed by atoms with Crippen molar-refractivity contribution in [2.45, 2.75) is 18.2 Å². The summed E-state index contributed by atoms with van der Waals surface area (Å²) in [5, 5.41) is 0. The number of halogens is 1. The lowest BCUT2D eigenvalue weighted by Gasteiger charge is -2.21. The van der Waals surface area contributed by atoms with E-state index in [0.29, 0.717) is 24.2 Å². The van der Waals surface area contributed by atoms with Crippen LogP contribution in [0.5, 0.6) is 0 Å². The first-order chi connectivity index (χ1) is 12.8. The molecule has 1 aromatic carbocycles. The number of amides is 1. The Bertz CT molecular complexity index is 953. The number of ketones is 1. The highest BCUT2D eigenvalue weighted by Crippen LogP contribution is 2.19. The minimum absolute atomic E-state index is 0.0270. The summed E-state index contributed by atoms with van der Waals surface area (Å²) < 4.78 is 39.8. The number of H-pyrrole nitrogens is 1. The van der Waals surface area contributed by atoms with Crippen molar-refractivity contribution in [3.05, 3.63) is 53.6 Å². The maximum Gasteiger partial charge on any atom is 0.270 e. The molecule has 3 rings (SSSR count). The van der Waals surface area contributed by atoms with E-state index in [4.69, 9.17) is 0 Å². The van der Waals surface area contributed by atoms with Gasteiger partial charge in [-0.1, -0.05) is 0 Å². The van der Waals surface area contributed by atoms with Crippen molar-refractivity contribution in [1.82, 2.24) is 14.2 Å². The van der Waals surface area contributed by atoms with Crippen molar-refractivity contribution in [3.8, 4) is 0 Å². The fraction of sp³-hybridized carbons (Fsp3) is 0.333. The molecule has 27 heavy (non-hydrogen) atoms. The molecule has 1 aromatic heterocycles. The van der Waals surface area contributed by atoms with E-state index < -0.39 is 15.8 Å². The fourth-order valence-corrected chi connectivity index (χ4v) is 4.45. The molecule has 0 saturated carbocycles. The fourth-order valence-electron chi connectivity index (χ4n) is 2.98. The third kappa shape index (κ3) is 4.09. The number of sulfonamides is 1. The first-order valence-electron chi connectivity index (χ1n) is 8.53. The molecule has 0 atom stereocenters. The number of aromatic amines is 1. The van der Waals surface area contributed by atoms with Gasteiger partial charge in [-0.2, -0.15) is 4.31 Å². The molecule has 1 aliphatic rings. The van der Waals surface area contributed by atoms with Gasteiger partial charge in [0.2, 0.25) is 10.0 Å². The first-order valence-corrected chi connectivity index (χ1v) is 9.97. The van der Waals surface area contributed by atoms with Crippen molar-refractivity contribution >= 4 is 21.7 Å². The molecule has 0 bridgehead atoms. The predicted molar refractivity (Wildman–Crippen MR) is 96.5 cm³/mol. The van der Waals surface area contributed by atoms with Gasteiger partial charge in [-0.3, -0.25) is 9.59 Å². The number of hydrogen-bond donors (Lipinski definition) is 1. The van der Waals surface area contributed by atoms with Gasteiger partial charge < -0.3 is 9.88 Å². The van der Waals surface area contributed by atoms with Crippen molar-refractivity contribution in [2.24, 2.45) is 0 Å². The molecule has 0 aliphatic carbocycles. The molecule has 2 aromatic rings. The highest BCUT2D eigenvalue weighted by atomic mass is 32.2. The van der Waals surface area contributed by atoms with E-state index in [2.05, 4.69) is 4.98 Å². The summed E-state index contributed by atoms with van der Waals surface area (Å²) >= 11 is 0. The summed E-state index contributed by atoms with van der Waals surface area (Å²) in [7, 11) is -3.75. The van der Waals surface area contributed by atoms with E-state index >= 15 is 0 Å². The highest BCUT2D eigenvalue weighted by Gasteiger charge is 2.29. The van der Waals surface area contributed by atoms with Crippen molar-refractivity contribution in [3.63, 3.8) is 0 Å². The number of nitrogens with zero attached hydrogens (tertiary/aromatic N) is 2. The van der Waals surface area contributed by atoms with Crippen LogP contribution in [-0.4, -0.2) is 60.5 Å². The molecule has 7 nitrogen and oxygen atoms in total. The Hall–Kier alpha value is -2.52. The van der Waals surface area contributed by atoms with Gasteiger partial charge in [-0.05, 0) is 43.7 Å². The summed E-state index contributed by atoms with van der Waals surface area (Å²) in [6.45, 7) is 2.47. The third-order valence-electron chi connectivity index (χ3n) is 4.51. The maximum atomic E-state index is 13.1. The molecular formula is C18H20FN3O4S. The number of benzene rings is 1. The number of rotatable bonds is 4. The highest BCUT2D eigenvalue weighted by molar-refractivity contribution is 7.89. The lowest BCUT2D eigenvalue weighted by molar-refractivity contribution is 0.0759. The van der Waals surface area contributed by atoms with Gasteiger partial charge in [0.05, 0.1) is 4.90 Å². The molecular weight excluding hydrogens is 373 g/mol. The number of nitrogens with one attached hydrogen (secondary N) is 1. The predicted octanol–water partition coefficient (Wildman–Crippen LogP) is 1.89. The Balaban J connectivity index is 1.72. The van der Waals surface area contributed by atoms with Crippen LogP contribution in [0, 0.1) is 5.82 Å². The van der Waals surface area contributed by atoms with Gasteiger partial charge in [0.15, 0.2) is 5.78 Å². The van der Waals surface area contributed by atoms with Crippen molar-refractivity contribution < 1.29 is 22.4 Å². The summed E-state index contributed by atoms with van der Waals surface area (Å²) in [5.74, 6) is -0.918. The van der Waals surface area contributed by atoms with E-state index in [9.17, 15) is 22.4 Å². The third-order valence-corrected chi connectivity index (χ3v) is 6.43. The topological polar surface area (TPSA) is 90.6 Å². The molecule has 1 saturated heterocycles. The van der Waals surface area contributed by atoms with Gasteiger partial charge >= 0.3 is 0 Å². The Morgan fingerprint density at radius 1 is 1.07 bits per heavy atom. The van der Waals surface area contributed by atoms with E-state index in [0.717, 1.165) is 12.1 Å². The zero-order chi connectivity index (χ0) is 19.6. The van der Waals surface area contributed by atoms with Gasteiger partial charge in [-0.15, -0.1) is 0 Å². The second kappa shape index (κ2) is 7.61. The van der Waals surface area contributed by atoms with Gasteiger partial charge in [0.1, 0.15) is 11.5 Å². The summed E-state index contributed by atoms with van der Waals surface area (Å²) in [6, 6.07) is 6.20. The Morgan fingerprint density at radius 2 is 1.78 bits per heavy atom. The summed E-state index contributed by atoms with van der Waals surface area (Å²) in [4.78, 5) is 28.4. The number of carbonyl (C=O) groups excluding carboxylic acids is 2. The molecule has 1 fully saturated rings. The molecule has 1 N–H and O–H groups in total. The molecule has 0 spiro atoms. The molecule has 1 amide bonds. The summed E-state index contributed by atoms with van der Waals surface area (Å²) in [6.07, 6.45) is 1.96. The Kier molecular flexibility index (Phi) is 5.43. The van der Waals surface area contributed by atoms with E-state index in [-0.39, 0.29) is 36.2 Å². The standard InChI is InChI=1S/C18H20FN3O4S/c1-13(23)14-11-17(20-12-14)18(24)21-7-2-8-22(10-9-21)27(25,26)16-5-3-15(19)4-6-16/h3-6,11-12,20H,2,7-10H2,1H3. The van der Waals surface area contributed by atoms with Crippen LogP contribution in [0.1, 0.15) is 34.2 Å². The van der Waals surface area contributed by atoms with Crippen molar-refractivity contribution in [1.29, 1.82) is 0 Å². The zero-order valence-electron chi connectivity index (χ0n) is 14.8. The van der Waals surface area contributed by atoms with Crippen LogP contribution in [-0.2, 0) is 10.0 Å².